The van der Waals surface area contributed by atoms with Crippen molar-refractivity contribution in [1.29, 1.82) is 0 Å². The van der Waals surface area contributed by atoms with Crippen molar-refractivity contribution >= 4 is 23.4 Å². The molecule has 0 fully saturated rings. The van der Waals surface area contributed by atoms with Gasteiger partial charge in [0.25, 0.3) is 0 Å². The molecule has 4 heteroatoms. The van der Waals surface area contributed by atoms with Crippen molar-refractivity contribution in [3.63, 3.8) is 0 Å². The second kappa shape index (κ2) is 7.01. The lowest BCUT2D eigenvalue weighted by molar-refractivity contribution is 0.416. The van der Waals surface area contributed by atoms with Crippen LogP contribution in [0, 0.1) is 0 Å². The van der Waals surface area contributed by atoms with E-state index in [1.807, 2.05) is 24.4 Å². The molecule has 2 rings (SSSR count). The third-order valence-electron chi connectivity index (χ3n) is 3.13. The topological polar surface area (TPSA) is 34.1 Å². The van der Waals surface area contributed by atoms with E-state index in [2.05, 4.69) is 23.3 Å². The van der Waals surface area contributed by atoms with Gasteiger partial charge in [-0.25, -0.2) is 0 Å². The van der Waals surface area contributed by atoms with Crippen LogP contribution in [-0.4, -0.2) is 17.6 Å². The third kappa shape index (κ3) is 3.14. The maximum Gasteiger partial charge on any atom is 0.128 e. The number of aromatic nitrogens is 1. The van der Waals surface area contributed by atoms with E-state index in [0.717, 1.165) is 35.4 Å². The van der Waals surface area contributed by atoms with Crippen molar-refractivity contribution in [1.82, 2.24) is 4.98 Å². The number of benzene rings is 1. The summed E-state index contributed by atoms with van der Waals surface area (Å²) in [7, 11) is 1.68. The summed E-state index contributed by atoms with van der Waals surface area (Å²) in [5.41, 5.74) is 5.87. The Kier molecular flexibility index (Phi) is 5.07. The van der Waals surface area contributed by atoms with E-state index in [1.165, 1.54) is 11.1 Å². The number of rotatable bonds is 6. The zero-order valence-electron chi connectivity index (χ0n) is 11.7. The average Bonchev–Trinajstić information content (AvgIpc) is 2.50. The fourth-order valence-electron chi connectivity index (χ4n) is 2.22. The first kappa shape index (κ1) is 14.5. The van der Waals surface area contributed by atoms with Gasteiger partial charge in [-0.05, 0) is 24.1 Å². The number of hydrogen-bond donors (Lipinski definition) is 1. The first-order valence-electron chi connectivity index (χ1n) is 6.61. The molecule has 0 unspecified atom stereocenters. The van der Waals surface area contributed by atoms with Crippen molar-refractivity contribution in [3.05, 3.63) is 42.2 Å². The molecule has 1 aromatic carbocycles. The lowest BCUT2D eigenvalue weighted by Crippen LogP contribution is -2.00. The maximum atomic E-state index is 5.50. The van der Waals surface area contributed by atoms with Crippen LogP contribution in [-0.2, 0) is 6.42 Å². The van der Waals surface area contributed by atoms with Gasteiger partial charge in [0, 0.05) is 35.3 Å². The summed E-state index contributed by atoms with van der Waals surface area (Å²) in [5, 5.41) is 3.11. The Balaban J connectivity index is 2.55. The predicted octanol–water partition coefficient (Wildman–Crippen LogP) is 4.08. The van der Waals surface area contributed by atoms with Crippen LogP contribution >= 0.6 is 12.2 Å². The minimum Gasteiger partial charge on any atom is -0.496 e. The van der Waals surface area contributed by atoms with Gasteiger partial charge in [0.2, 0.25) is 0 Å². The maximum absolute atomic E-state index is 5.50. The number of ether oxygens (including phenoxy) is 1. The van der Waals surface area contributed by atoms with Crippen LogP contribution in [0.1, 0.15) is 18.9 Å². The van der Waals surface area contributed by atoms with Crippen molar-refractivity contribution in [3.8, 4) is 16.9 Å². The molecule has 0 saturated carbocycles. The Labute approximate surface area is 125 Å². The van der Waals surface area contributed by atoms with Gasteiger partial charge in [-0.2, -0.15) is 0 Å². The molecule has 1 aromatic heterocycles. The third-order valence-corrected chi connectivity index (χ3v) is 3.25. The molecule has 0 aliphatic carbocycles. The van der Waals surface area contributed by atoms with Crippen LogP contribution in [0.25, 0.3) is 11.1 Å². The van der Waals surface area contributed by atoms with Crippen molar-refractivity contribution in [2.45, 2.75) is 19.8 Å². The predicted molar refractivity (Wildman–Crippen MR) is 87.5 cm³/mol. The quantitative estimate of drug-likeness (QED) is 0.811. The van der Waals surface area contributed by atoms with Crippen LogP contribution in [0.15, 0.2) is 36.7 Å². The highest BCUT2D eigenvalue weighted by molar-refractivity contribution is 7.79. The number of nitrogens with zero attached hydrogens (tertiary/aromatic N) is 1. The fraction of sp³-hybridized carbons (Fsp3) is 0.250. The van der Waals surface area contributed by atoms with Crippen LogP contribution in [0.5, 0.6) is 5.75 Å². The fourth-order valence-corrected chi connectivity index (χ4v) is 2.34. The summed E-state index contributed by atoms with van der Waals surface area (Å²) in [6.07, 6.45) is 5.68. The summed E-state index contributed by atoms with van der Waals surface area (Å²) in [4.78, 5) is 4.18. The Bertz CT molecular complexity index is 585. The first-order chi connectivity index (χ1) is 9.80. The second-order valence-electron chi connectivity index (χ2n) is 4.46. The van der Waals surface area contributed by atoms with Crippen LogP contribution in [0.3, 0.4) is 0 Å². The summed E-state index contributed by atoms with van der Waals surface area (Å²) in [5.74, 6) is 0.817. The summed E-state index contributed by atoms with van der Waals surface area (Å²) in [6.45, 7) is 2.16. The minimum absolute atomic E-state index is 0.817. The lowest BCUT2D eigenvalue weighted by atomic mass is 9.99. The number of pyridine rings is 1. The molecule has 3 nitrogen and oxygen atoms in total. The largest absolute Gasteiger partial charge is 0.496 e. The van der Waals surface area contributed by atoms with E-state index in [-0.39, 0.29) is 0 Å². The van der Waals surface area contributed by atoms with E-state index in [0.29, 0.717) is 0 Å². The number of anilines is 1. The number of nitrogens with one attached hydrogen (secondary N) is 1. The average molecular weight is 286 g/mol. The standard InChI is InChI=1S/C16H18N2OS/c1-3-5-12-8-14(13-6-4-7-17-10-13)16(19-2)9-15(12)18-11-20/h4,6-11H,3,5H2,1-2H3,(H,18,20). The molecule has 104 valence electrons. The van der Waals surface area contributed by atoms with Gasteiger partial charge in [-0.1, -0.05) is 31.6 Å². The molecule has 20 heavy (non-hydrogen) atoms. The first-order valence-corrected chi connectivity index (χ1v) is 7.08. The molecule has 0 radical (unpaired) electrons. The van der Waals surface area contributed by atoms with Gasteiger partial charge >= 0.3 is 0 Å². The molecule has 0 atom stereocenters. The van der Waals surface area contributed by atoms with Crippen molar-refractivity contribution < 1.29 is 4.74 Å². The molecule has 0 bridgehead atoms. The van der Waals surface area contributed by atoms with Gasteiger partial charge in [-0.15, -0.1) is 0 Å². The molecule has 0 spiro atoms. The van der Waals surface area contributed by atoms with Crippen LogP contribution in [0.4, 0.5) is 5.69 Å². The van der Waals surface area contributed by atoms with Crippen LogP contribution < -0.4 is 10.1 Å². The molecule has 1 heterocycles. The number of methoxy groups -OCH3 is 1. The smallest absolute Gasteiger partial charge is 0.128 e. The summed E-state index contributed by atoms with van der Waals surface area (Å²) >= 11 is 4.90. The van der Waals surface area contributed by atoms with Gasteiger partial charge in [0.05, 0.1) is 12.6 Å². The van der Waals surface area contributed by atoms with Gasteiger partial charge in [0.15, 0.2) is 0 Å². The van der Waals surface area contributed by atoms with Gasteiger partial charge in [-0.3, -0.25) is 4.98 Å². The highest BCUT2D eigenvalue weighted by Crippen LogP contribution is 2.35. The zero-order valence-corrected chi connectivity index (χ0v) is 12.5. The molecule has 1 N–H and O–H groups in total. The van der Waals surface area contributed by atoms with E-state index >= 15 is 0 Å². The second-order valence-corrected chi connectivity index (χ2v) is 4.70. The molecule has 0 aliphatic heterocycles. The van der Waals surface area contributed by atoms with E-state index < -0.39 is 0 Å². The molecular weight excluding hydrogens is 268 g/mol. The SMILES string of the molecule is CCCc1cc(-c2cccnc2)c(OC)cc1NC=S. The Morgan fingerprint density at radius 1 is 1.40 bits per heavy atom. The minimum atomic E-state index is 0.817. The van der Waals surface area contributed by atoms with Gasteiger partial charge in [0.1, 0.15) is 5.75 Å². The molecule has 0 amide bonds. The zero-order chi connectivity index (χ0) is 14.4. The normalized spacial score (nSPS) is 10.1. The lowest BCUT2D eigenvalue weighted by Gasteiger charge is -2.15. The molecule has 0 aliphatic rings. The summed E-state index contributed by atoms with van der Waals surface area (Å²) in [6, 6.07) is 8.11. The molecule has 0 saturated heterocycles. The Morgan fingerprint density at radius 2 is 2.25 bits per heavy atom. The number of aryl methyl sites for hydroxylation is 1. The monoisotopic (exact) mass is 286 g/mol. The molecular formula is C16H18N2OS. The Morgan fingerprint density at radius 3 is 2.85 bits per heavy atom. The van der Waals surface area contributed by atoms with Crippen molar-refractivity contribution in [2.75, 3.05) is 12.4 Å². The van der Waals surface area contributed by atoms with Crippen LogP contribution in [0.2, 0.25) is 0 Å². The van der Waals surface area contributed by atoms with E-state index in [4.69, 9.17) is 17.0 Å². The van der Waals surface area contributed by atoms with E-state index in [1.54, 1.807) is 13.3 Å². The highest BCUT2D eigenvalue weighted by atomic mass is 32.1. The summed E-state index contributed by atoms with van der Waals surface area (Å²) < 4.78 is 5.50. The van der Waals surface area contributed by atoms with Gasteiger partial charge < -0.3 is 10.1 Å². The Hall–Kier alpha value is -1.94. The van der Waals surface area contributed by atoms with Crippen molar-refractivity contribution in [2.24, 2.45) is 0 Å². The van der Waals surface area contributed by atoms with E-state index in [9.17, 15) is 0 Å². The highest BCUT2D eigenvalue weighted by Gasteiger charge is 2.11. The number of thiocarbonyl (C=S) groups is 1. The molecule has 2 aromatic rings. The number of hydrogen-bond acceptors (Lipinski definition) is 3.